The van der Waals surface area contributed by atoms with Gasteiger partial charge in [-0.1, -0.05) is 34.8 Å². The molecule has 0 fully saturated rings. The van der Waals surface area contributed by atoms with Crippen LogP contribution >= 0.6 is 34.8 Å². The van der Waals surface area contributed by atoms with E-state index in [9.17, 15) is 4.79 Å². The SMILES string of the molecule is CC(C)OC(=O)N[C@H](O)C(Cl)(Cl)Cl. The third-order valence-corrected chi connectivity index (χ3v) is 1.53. The summed E-state index contributed by atoms with van der Waals surface area (Å²) >= 11 is 15.8. The van der Waals surface area contributed by atoms with Crippen molar-refractivity contribution in [1.29, 1.82) is 0 Å². The van der Waals surface area contributed by atoms with Crippen molar-refractivity contribution < 1.29 is 14.6 Å². The number of carbonyl (C=O) groups is 1. The maximum absolute atomic E-state index is 10.8. The molecule has 2 N–H and O–H groups in total. The van der Waals surface area contributed by atoms with Crippen molar-refractivity contribution in [1.82, 2.24) is 5.32 Å². The fourth-order valence-corrected chi connectivity index (χ4v) is 0.605. The van der Waals surface area contributed by atoms with Gasteiger partial charge in [-0.05, 0) is 13.8 Å². The van der Waals surface area contributed by atoms with Crippen molar-refractivity contribution in [3.8, 4) is 0 Å². The summed E-state index contributed by atoms with van der Waals surface area (Å²) in [6.45, 7) is 3.31. The lowest BCUT2D eigenvalue weighted by Crippen LogP contribution is -2.44. The molecule has 78 valence electrons. The molecule has 0 bridgehead atoms. The van der Waals surface area contributed by atoms with Crippen LogP contribution in [-0.2, 0) is 4.74 Å². The monoisotopic (exact) mass is 249 g/mol. The lowest BCUT2D eigenvalue weighted by atomic mass is 10.5. The molecule has 0 saturated carbocycles. The number of aliphatic hydroxyl groups is 1. The van der Waals surface area contributed by atoms with Crippen LogP contribution in [-0.4, -0.2) is 27.3 Å². The molecule has 0 aromatic heterocycles. The van der Waals surface area contributed by atoms with Gasteiger partial charge < -0.3 is 9.84 Å². The Kier molecular flexibility index (Phi) is 5.14. The summed E-state index contributed by atoms with van der Waals surface area (Å²) in [4.78, 5) is 10.8. The largest absolute Gasteiger partial charge is 0.447 e. The first-order chi connectivity index (χ1) is 5.73. The van der Waals surface area contributed by atoms with Gasteiger partial charge in [-0.3, -0.25) is 5.32 Å². The Morgan fingerprint density at radius 1 is 1.46 bits per heavy atom. The first-order valence-corrected chi connectivity index (χ1v) is 4.59. The van der Waals surface area contributed by atoms with E-state index in [1.165, 1.54) is 0 Å². The van der Waals surface area contributed by atoms with Crippen LogP contribution in [0.5, 0.6) is 0 Å². The standard InChI is InChI=1S/C6H10Cl3NO3/c1-3(2)13-5(12)10-4(11)6(7,8)9/h3-4,11H,1-2H3,(H,10,12)/t4-/m1/s1. The molecule has 0 aromatic carbocycles. The zero-order valence-corrected chi connectivity index (χ0v) is 9.32. The van der Waals surface area contributed by atoms with Gasteiger partial charge in [-0.15, -0.1) is 0 Å². The molecule has 7 heteroatoms. The van der Waals surface area contributed by atoms with Crippen LogP contribution in [0.15, 0.2) is 0 Å². The van der Waals surface area contributed by atoms with Crippen molar-refractivity contribution in [3.05, 3.63) is 0 Å². The summed E-state index contributed by atoms with van der Waals surface area (Å²) < 4.78 is 2.67. The summed E-state index contributed by atoms with van der Waals surface area (Å²) in [5.74, 6) is 0. The van der Waals surface area contributed by atoms with Crippen LogP contribution in [0.4, 0.5) is 4.79 Å². The molecule has 0 rings (SSSR count). The predicted octanol–water partition coefficient (Wildman–Crippen LogP) is 1.81. The molecule has 0 aliphatic heterocycles. The van der Waals surface area contributed by atoms with Crippen molar-refractivity contribution in [2.24, 2.45) is 0 Å². The number of alkyl halides is 3. The van der Waals surface area contributed by atoms with Gasteiger partial charge in [0.05, 0.1) is 6.10 Å². The van der Waals surface area contributed by atoms with Gasteiger partial charge >= 0.3 is 6.09 Å². The third-order valence-electron chi connectivity index (χ3n) is 0.907. The van der Waals surface area contributed by atoms with Gasteiger partial charge in [0.1, 0.15) is 0 Å². The number of ether oxygens (including phenoxy) is 1. The Bertz CT molecular complexity index is 180. The number of hydrogen-bond donors (Lipinski definition) is 2. The number of rotatable bonds is 2. The van der Waals surface area contributed by atoms with Crippen LogP contribution in [0.2, 0.25) is 0 Å². The van der Waals surface area contributed by atoms with Crippen LogP contribution in [0.25, 0.3) is 0 Å². The smallest absolute Gasteiger partial charge is 0.409 e. The Balaban J connectivity index is 3.93. The van der Waals surface area contributed by atoms with E-state index in [2.05, 4.69) is 4.74 Å². The maximum atomic E-state index is 10.8. The molecule has 4 nitrogen and oxygen atoms in total. The van der Waals surface area contributed by atoms with E-state index in [-0.39, 0.29) is 6.10 Å². The normalized spacial score (nSPS) is 14.1. The van der Waals surface area contributed by atoms with Crippen molar-refractivity contribution >= 4 is 40.9 Å². The first-order valence-electron chi connectivity index (χ1n) is 3.45. The number of alkyl carbamates (subject to hydrolysis) is 1. The lowest BCUT2D eigenvalue weighted by Gasteiger charge is -2.20. The van der Waals surface area contributed by atoms with Gasteiger partial charge in [0.15, 0.2) is 6.23 Å². The second kappa shape index (κ2) is 5.10. The Morgan fingerprint density at radius 2 is 1.92 bits per heavy atom. The van der Waals surface area contributed by atoms with Gasteiger partial charge in [0, 0.05) is 0 Å². The third kappa shape index (κ3) is 6.21. The van der Waals surface area contributed by atoms with Crippen LogP contribution in [0, 0.1) is 0 Å². The van der Waals surface area contributed by atoms with Crippen molar-refractivity contribution in [2.75, 3.05) is 0 Å². The molecule has 0 unspecified atom stereocenters. The summed E-state index contributed by atoms with van der Waals surface area (Å²) in [7, 11) is 0. The van der Waals surface area contributed by atoms with Gasteiger partial charge in [-0.25, -0.2) is 4.79 Å². The average Bonchev–Trinajstić information content (AvgIpc) is 1.82. The number of aliphatic hydroxyl groups excluding tert-OH is 1. The zero-order valence-electron chi connectivity index (χ0n) is 7.05. The average molecular weight is 251 g/mol. The first kappa shape index (κ1) is 13.1. The molecule has 0 saturated heterocycles. The van der Waals surface area contributed by atoms with Crippen LogP contribution in [0.1, 0.15) is 13.8 Å². The van der Waals surface area contributed by atoms with E-state index < -0.39 is 16.1 Å². The minimum absolute atomic E-state index is 0.303. The van der Waals surface area contributed by atoms with Crippen LogP contribution < -0.4 is 5.32 Å². The van der Waals surface area contributed by atoms with E-state index in [1.54, 1.807) is 13.8 Å². The molecule has 13 heavy (non-hydrogen) atoms. The fraction of sp³-hybridized carbons (Fsp3) is 0.833. The molecule has 1 atom stereocenters. The summed E-state index contributed by atoms with van der Waals surface area (Å²) in [6.07, 6.45) is -2.74. The predicted molar refractivity (Wildman–Crippen MR) is 51.0 cm³/mol. The minimum Gasteiger partial charge on any atom is -0.447 e. The molecule has 1 amide bonds. The quantitative estimate of drug-likeness (QED) is 0.580. The van der Waals surface area contributed by atoms with Crippen molar-refractivity contribution in [3.63, 3.8) is 0 Å². The number of nitrogens with one attached hydrogen (secondary N) is 1. The fourth-order valence-electron chi connectivity index (χ4n) is 0.442. The second-order valence-corrected chi connectivity index (χ2v) is 4.91. The van der Waals surface area contributed by atoms with Crippen LogP contribution in [0.3, 0.4) is 0 Å². The van der Waals surface area contributed by atoms with E-state index in [4.69, 9.17) is 39.9 Å². The highest BCUT2D eigenvalue weighted by Gasteiger charge is 2.32. The van der Waals surface area contributed by atoms with E-state index in [0.717, 1.165) is 0 Å². The topological polar surface area (TPSA) is 58.6 Å². The lowest BCUT2D eigenvalue weighted by molar-refractivity contribution is 0.0823. The number of amides is 1. The Hall–Kier alpha value is 0.1000. The van der Waals surface area contributed by atoms with Gasteiger partial charge in [0.25, 0.3) is 0 Å². The molecule has 0 aromatic rings. The van der Waals surface area contributed by atoms with E-state index >= 15 is 0 Å². The number of halogens is 3. The molecule has 0 spiro atoms. The molecule has 0 heterocycles. The highest BCUT2D eigenvalue weighted by molar-refractivity contribution is 6.68. The molecular weight excluding hydrogens is 240 g/mol. The van der Waals surface area contributed by atoms with E-state index in [0.29, 0.717) is 0 Å². The molecule has 0 aliphatic rings. The zero-order chi connectivity index (χ0) is 10.6. The van der Waals surface area contributed by atoms with Gasteiger partial charge in [-0.2, -0.15) is 0 Å². The molecular formula is C6H10Cl3NO3. The summed E-state index contributed by atoms with van der Waals surface area (Å²) in [5.41, 5.74) is 0. The summed E-state index contributed by atoms with van der Waals surface area (Å²) in [6, 6.07) is 0. The second-order valence-electron chi connectivity index (χ2n) is 2.54. The highest BCUT2D eigenvalue weighted by Crippen LogP contribution is 2.28. The number of carbonyl (C=O) groups excluding carboxylic acids is 1. The number of hydrogen-bond acceptors (Lipinski definition) is 3. The van der Waals surface area contributed by atoms with E-state index in [1.807, 2.05) is 5.32 Å². The highest BCUT2D eigenvalue weighted by atomic mass is 35.6. The Labute approximate surface area is 91.1 Å². The molecule has 0 radical (unpaired) electrons. The molecule has 0 aliphatic carbocycles. The van der Waals surface area contributed by atoms with Crippen molar-refractivity contribution in [2.45, 2.75) is 30.0 Å². The Morgan fingerprint density at radius 3 is 2.23 bits per heavy atom. The maximum Gasteiger partial charge on any atom is 0.409 e. The minimum atomic E-state index is -1.96. The summed E-state index contributed by atoms with van der Waals surface area (Å²) in [5, 5.41) is 11.0. The van der Waals surface area contributed by atoms with Gasteiger partial charge in [0.2, 0.25) is 3.79 Å².